The van der Waals surface area contributed by atoms with Crippen LogP contribution in [-0.4, -0.2) is 60.4 Å². The highest BCUT2D eigenvalue weighted by molar-refractivity contribution is 7.80. The molecule has 0 fully saturated rings. The highest BCUT2D eigenvalue weighted by Crippen LogP contribution is 2.18. The Morgan fingerprint density at radius 1 is 1.35 bits per heavy atom. The number of aliphatic hydroxyl groups is 1. The van der Waals surface area contributed by atoms with Crippen LogP contribution in [0, 0.1) is 0 Å². The molecular formula is C11H21NO4S. The number of carboxylic acids is 1. The van der Waals surface area contributed by atoms with E-state index in [1.165, 1.54) is 0 Å². The van der Waals surface area contributed by atoms with Crippen LogP contribution in [0.5, 0.6) is 0 Å². The second-order valence-electron chi connectivity index (χ2n) is 5.28. The molecule has 0 bridgehead atoms. The van der Waals surface area contributed by atoms with Gasteiger partial charge in [-0.05, 0) is 12.2 Å². The van der Waals surface area contributed by atoms with Gasteiger partial charge in [-0.2, -0.15) is 12.6 Å². The Kier molecular flexibility index (Phi) is 6.15. The minimum atomic E-state index is -1.85. The lowest BCUT2D eigenvalue weighted by molar-refractivity contribution is -0.875. The van der Waals surface area contributed by atoms with Crippen LogP contribution in [0.2, 0.25) is 0 Å². The van der Waals surface area contributed by atoms with Gasteiger partial charge in [0.1, 0.15) is 6.54 Å². The Bertz CT molecular complexity index is 288. The fourth-order valence-electron chi connectivity index (χ4n) is 1.74. The van der Waals surface area contributed by atoms with Crippen molar-refractivity contribution in [2.75, 3.05) is 33.4 Å². The first-order valence-corrected chi connectivity index (χ1v) is 6.11. The topological polar surface area (TPSA) is 77.4 Å². The molecule has 0 aromatic heterocycles. The van der Waals surface area contributed by atoms with E-state index in [4.69, 9.17) is 0 Å². The van der Waals surface area contributed by atoms with Gasteiger partial charge in [0, 0.05) is 18.8 Å². The molecule has 0 amide bonds. The van der Waals surface area contributed by atoms with E-state index in [2.05, 4.69) is 12.6 Å². The van der Waals surface area contributed by atoms with E-state index in [0.717, 1.165) is 0 Å². The normalized spacial score (nSPS) is 15.4. The highest BCUT2D eigenvalue weighted by atomic mass is 32.1. The van der Waals surface area contributed by atoms with Crippen LogP contribution in [0.3, 0.4) is 0 Å². The SMILES string of the molecule is C[N+](C)(C)CC(O)(CC(=O)[O-])C(=O)CCCS. The minimum absolute atomic E-state index is 0.0480. The molecule has 0 saturated heterocycles. The molecule has 0 spiro atoms. The summed E-state index contributed by atoms with van der Waals surface area (Å²) in [7, 11) is 5.35. The molecular weight excluding hydrogens is 242 g/mol. The molecule has 0 heterocycles. The van der Waals surface area contributed by atoms with Crippen LogP contribution in [0.1, 0.15) is 19.3 Å². The molecule has 0 aliphatic carbocycles. The maximum absolute atomic E-state index is 11.9. The van der Waals surface area contributed by atoms with Crippen molar-refractivity contribution in [1.29, 1.82) is 0 Å². The summed E-state index contributed by atoms with van der Waals surface area (Å²) in [5.41, 5.74) is -1.85. The Morgan fingerprint density at radius 3 is 2.24 bits per heavy atom. The number of rotatable bonds is 8. The maximum atomic E-state index is 11.9. The summed E-state index contributed by atoms with van der Waals surface area (Å²) < 4.78 is 0.302. The molecule has 6 heteroatoms. The second-order valence-corrected chi connectivity index (χ2v) is 5.73. The van der Waals surface area contributed by atoms with Crippen LogP contribution in [-0.2, 0) is 9.59 Å². The van der Waals surface area contributed by atoms with Gasteiger partial charge in [0.2, 0.25) is 0 Å². The smallest absolute Gasteiger partial charge is 0.177 e. The molecule has 1 unspecified atom stereocenters. The fraction of sp³-hybridized carbons (Fsp3) is 0.818. The van der Waals surface area contributed by atoms with Gasteiger partial charge in [0.05, 0.1) is 21.1 Å². The van der Waals surface area contributed by atoms with E-state index in [1.54, 1.807) is 21.1 Å². The lowest BCUT2D eigenvalue weighted by Crippen LogP contribution is -2.56. The van der Waals surface area contributed by atoms with Crippen LogP contribution in [0.4, 0.5) is 0 Å². The van der Waals surface area contributed by atoms with Crippen LogP contribution in [0.25, 0.3) is 0 Å². The third-order valence-electron chi connectivity index (χ3n) is 2.25. The van der Waals surface area contributed by atoms with Crippen molar-refractivity contribution in [2.45, 2.75) is 24.9 Å². The van der Waals surface area contributed by atoms with Crippen molar-refractivity contribution >= 4 is 24.4 Å². The summed E-state index contributed by atoms with van der Waals surface area (Å²) in [6, 6.07) is 0. The number of carboxylic acid groups (broad SMARTS) is 1. The number of carbonyl (C=O) groups is 2. The Labute approximate surface area is 107 Å². The second kappa shape index (κ2) is 6.37. The Hall–Kier alpha value is -0.590. The first-order chi connectivity index (χ1) is 7.60. The number of hydrogen-bond donors (Lipinski definition) is 2. The largest absolute Gasteiger partial charge is 0.550 e. The predicted molar refractivity (Wildman–Crippen MR) is 65.6 cm³/mol. The molecule has 1 N–H and O–H groups in total. The van der Waals surface area contributed by atoms with E-state index in [0.29, 0.717) is 16.7 Å². The molecule has 0 radical (unpaired) electrons. The molecule has 0 aliphatic rings. The first-order valence-electron chi connectivity index (χ1n) is 5.47. The van der Waals surface area contributed by atoms with Crippen molar-refractivity contribution in [1.82, 2.24) is 0 Å². The van der Waals surface area contributed by atoms with Crippen molar-refractivity contribution in [3.63, 3.8) is 0 Å². The molecule has 0 aromatic carbocycles. The summed E-state index contributed by atoms with van der Waals surface area (Å²) in [4.78, 5) is 22.5. The Balaban J connectivity index is 4.83. The summed E-state index contributed by atoms with van der Waals surface area (Å²) in [6.45, 7) is 0.0480. The van der Waals surface area contributed by atoms with Gasteiger partial charge in [0.15, 0.2) is 11.4 Å². The van der Waals surface area contributed by atoms with Crippen molar-refractivity contribution < 1.29 is 24.3 Å². The number of carbonyl (C=O) groups excluding carboxylic acids is 2. The van der Waals surface area contributed by atoms with Gasteiger partial charge in [-0.25, -0.2) is 0 Å². The van der Waals surface area contributed by atoms with E-state index in [-0.39, 0.29) is 13.0 Å². The van der Waals surface area contributed by atoms with E-state index < -0.39 is 23.8 Å². The number of aliphatic carboxylic acids is 1. The predicted octanol–water partition coefficient (Wildman–Crippen LogP) is -1.16. The molecule has 0 aromatic rings. The molecule has 1 atom stereocenters. The monoisotopic (exact) mass is 263 g/mol. The third kappa shape index (κ3) is 6.65. The molecule has 0 saturated carbocycles. The molecule has 100 valence electrons. The van der Waals surface area contributed by atoms with Gasteiger partial charge in [-0.15, -0.1) is 0 Å². The number of Topliss-reactive ketones (excluding diaryl/α,β-unsaturated/α-hetero) is 1. The zero-order chi connectivity index (χ0) is 13.7. The number of likely N-dealkylation sites (N-methyl/N-ethyl adjacent to an activating group) is 1. The van der Waals surface area contributed by atoms with E-state index in [9.17, 15) is 19.8 Å². The zero-order valence-electron chi connectivity index (χ0n) is 10.6. The lowest BCUT2D eigenvalue weighted by atomic mass is 9.90. The molecule has 0 rings (SSSR count). The summed E-state index contributed by atoms with van der Waals surface area (Å²) >= 11 is 3.98. The average molecular weight is 263 g/mol. The molecule has 5 nitrogen and oxygen atoms in total. The zero-order valence-corrected chi connectivity index (χ0v) is 11.5. The minimum Gasteiger partial charge on any atom is -0.550 e. The molecule has 0 aliphatic heterocycles. The number of ketones is 1. The van der Waals surface area contributed by atoms with Crippen molar-refractivity contribution in [3.05, 3.63) is 0 Å². The average Bonchev–Trinajstić information content (AvgIpc) is 2.09. The highest BCUT2D eigenvalue weighted by Gasteiger charge is 2.40. The first kappa shape index (κ1) is 16.4. The van der Waals surface area contributed by atoms with Gasteiger partial charge < -0.3 is 19.5 Å². The van der Waals surface area contributed by atoms with Crippen molar-refractivity contribution in [2.24, 2.45) is 0 Å². The standard InChI is InChI=1S/C11H21NO4S/c1-12(2,3)8-11(16,7-10(14)15)9(13)5-4-6-17/h16H,4-8H2,1-3H3,(H-,14,15,17). The van der Waals surface area contributed by atoms with Crippen molar-refractivity contribution in [3.8, 4) is 0 Å². The van der Waals surface area contributed by atoms with Crippen LogP contribution < -0.4 is 5.11 Å². The van der Waals surface area contributed by atoms with Crippen LogP contribution >= 0.6 is 12.6 Å². The maximum Gasteiger partial charge on any atom is 0.177 e. The lowest BCUT2D eigenvalue weighted by Gasteiger charge is -2.34. The summed E-state index contributed by atoms with van der Waals surface area (Å²) in [5.74, 6) is -1.35. The van der Waals surface area contributed by atoms with E-state index >= 15 is 0 Å². The summed E-state index contributed by atoms with van der Waals surface area (Å²) in [6.07, 6.45) is -0.00432. The fourth-order valence-corrected chi connectivity index (χ4v) is 1.90. The number of hydrogen-bond acceptors (Lipinski definition) is 5. The van der Waals surface area contributed by atoms with Gasteiger partial charge in [-0.1, -0.05) is 0 Å². The third-order valence-corrected chi connectivity index (χ3v) is 2.57. The number of quaternary nitrogens is 1. The summed E-state index contributed by atoms with van der Waals surface area (Å²) in [5, 5.41) is 20.8. The quantitative estimate of drug-likeness (QED) is 0.428. The van der Waals surface area contributed by atoms with Crippen LogP contribution in [0.15, 0.2) is 0 Å². The number of thiol groups is 1. The van der Waals surface area contributed by atoms with E-state index in [1.807, 2.05) is 0 Å². The van der Waals surface area contributed by atoms with Gasteiger partial charge >= 0.3 is 0 Å². The van der Waals surface area contributed by atoms with Gasteiger partial charge in [-0.3, -0.25) is 4.79 Å². The molecule has 17 heavy (non-hydrogen) atoms. The Morgan fingerprint density at radius 2 is 1.88 bits per heavy atom. The number of nitrogens with zero attached hydrogens (tertiary/aromatic N) is 1. The van der Waals surface area contributed by atoms with Gasteiger partial charge in [0.25, 0.3) is 0 Å².